The molecule has 140 valence electrons. The third kappa shape index (κ3) is 4.05. The Balaban J connectivity index is 1.35. The van der Waals surface area contributed by atoms with Crippen molar-refractivity contribution in [3.63, 3.8) is 0 Å². The molecule has 0 unspecified atom stereocenters. The summed E-state index contributed by atoms with van der Waals surface area (Å²) >= 11 is 1.54. The third-order valence-corrected chi connectivity index (χ3v) is 5.83. The van der Waals surface area contributed by atoms with Gasteiger partial charge in [-0.05, 0) is 47.7 Å². The summed E-state index contributed by atoms with van der Waals surface area (Å²) in [6, 6.07) is 19.8. The Morgan fingerprint density at radius 3 is 2.61 bits per heavy atom. The molecule has 2 heterocycles. The minimum absolute atomic E-state index is 0.0318. The molecule has 4 rings (SSSR count). The van der Waals surface area contributed by atoms with E-state index in [9.17, 15) is 4.79 Å². The van der Waals surface area contributed by atoms with E-state index in [0.717, 1.165) is 37.4 Å². The lowest BCUT2D eigenvalue weighted by atomic mass is 10.1. The molecule has 0 saturated carbocycles. The van der Waals surface area contributed by atoms with Crippen molar-refractivity contribution >= 4 is 27.3 Å². The van der Waals surface area contributed by atoms with E-state index in [1.165, 1.54) is 11.3 Å². The normalized spacial score (nSPS) is 10.8. The summed E-state index contributed by atoms with van der Waals surface area (Å²) in [4.78, 5) is 17.5. The first-order valence-electron chi connectivity index (χ1n) is 9.07. The standard InChI is InChI=1S/C23H20N2O2S/c1-16-20-6-2-3-7-21(20)28-22(16)23(26)25-14-17-8-10-19(11-9-17)27-15-18-5-4-12-24-13-18/h2-13H,14-15H2,1H3,(H,25,26). The van der Waals surface area contributed by atoms with E-state index in [0.29, 0.717) is 13.2 Å². The number of thiophene rings is 1. The highest BCUT2D eigenvalue weighted by atomic mass is 32.1. The van der Waals surface area contributed by atoms with Gasteiger partial charge >= 0.3 is 0 Å². The molecule has 28 heavy (non-hydrogen) atoms. The molecule has 5 heteroatoms. The van der Waals surface area contributed by atoms with Crippen molar-refractivity contribution in [2.24, 2.45) is 0 Å². The number of aryl methyl sites for hydroxylation is 1. The summed E-state index contributed by atoms with van der Waals surface area (Å²) in [6.07, 6.45) is 3.53. The van der Waals surface area contributed by atoms with E-state index in [1.807, 2.05) is 61.5 Å². The van der Waals surface area contributed by atoms with Gasteiger partial charge in [0.15, 0.2) is 0 Å². The van der Waals surface area contributed by atoms with Crippen LogP contribution in [0.4, 0.5) is 0 Å². The van der Waals surface area contributed by atoms with Crippen LogP contribution in [0.2, 0.25) is 0 Å². The van der Waals surface area contributed by atoms with E-state index >= 15 is 0 Å². The zero-order valence-corrected chi connectivity index (χ0v) is 16.3. The van der Waals surface area contributed by atoms with Crippen LogP contribution in [0.5, 0.6) is 5.75 Å². The number of nitrogens with zero attached hydrogens (tertiary/aromatic N) is 1. The maximum atomic E-state index is 12.6. The van der Waals surface area contributed by atoms with Crippen LogP contribution in [0.1, 0.15) is 26.4 Å². The van der Waals surface area contributed by atoms with Gasteiger partial charge in [0, 0.05) is 29.2 Å². The second-order valence-electron chi connectivity index (χ2n) is 6.53. The summed E-state index contributed by atoms with van der Waals surface area (Å²) in [5.74, 6) is 0.759. The summed E-state index contributed by atoms with van der Waals surface area (Å²) in [7, 11) is 0. The van der Waals surface area contributed by atoms with Crippen molar-refractivity contribution in [3.05, 3.63) is 94.6 Å². The van der Waals surface area contributed by atoms with Gasteiger partial charge in [0.25, 0.3) is 5.91 Å². The smallest absolute Gasteiger partial charge is 0.261 e. The van der Waals surface area contributed by atoms with E-state index < -0.39 is 0 Å². The largest absolute Gasteiger partial charge is 0.489 e. The third-order valence-electron chi connectivity index (χ3n) is 4.55. The van der Waals surface area contributed by atoms with Crippen molar-refractivity contribution in [1.29, 1.82) is 0 Å². The van der Waals surface area contributed by atoms with Crippen LogP contribution in [0, 0.1) is 6.92 Å². The molecule has 2 aromatic carbocycles. The monoisotopic (exact) mass is 388 g/mol. The summed E-state index contributed by atoms with van der Waals surface area (Å²) in [5, 5.41) is 4.16. The topological polar surface area (TPSA) is 51.2 Å². The quantitative estimate of drug-likeness (QED) is 0.499. The summed E-state index contributed by atoms with van der Waals surface area (Å²) < 4.78 is 6.90. The molecule has 0 radical (unpaired) electrons. The molecule has 4 nitrogen and oxygen atoms in total. The second-order valence-corrected chi connectivity index (χ2v) is 7.58. The van der Waals surface area contributed by atoms with Crippen molar-refractivity contribution in [2.45, 2.75) is 20.1 Å². The molecular formula is C23H20N2O2S. The minimum atomic E-state index is -0.0318. The fourth-order valence-corrected chi connectivity index (χ4v) is 4.13. The maximum Gasteiger partial charge on any atom is 0.261 e. The number of pyridine rings is 1. The average molecular weight is 388 g/mol. The Bertz CT molecular complexity index is 1090. The predicted octanol–water partition coefficient (Wildman–Crippen LogP) is 5.11. The molecule has 0 fully saturated rings. The first kappa shape index (κ1) is 18.2. The number of carbonyl (C=O) groups excluding carboxylic acids is 1. The molecule has 0 saturated heterocycles. The van der Waals surface area contributed by atoms with Crippen molar-refractivity contribution in [2.75, 3.05) is 0 Å². The van der Waals surface area contributed by atoms with Crippen LogP contribution in [0.15, 0.2) is 73.1 Å². The molecule has 1 amide bonds. The molecule has 4 aromatic rings. The molecule has 0 aliphatic rings. The number of carbonyl (C=O) groups is 1. The lowest BCUT2D eigenvalue weighted by Gasteiger charge is -2.08. The van der Waals surface area contributed by atoms with Crippen molar-refractivity contribution in [1.82, 2.24) is 10.3 Å². The summed E-state index contributed by atoms with van der Waals surface area (Å²) in [5.41, 5.74) is 3.09. The van der Waals surface area contributed by atoms with Gasteiger partial charge in [0.05, 0.1) is 4.88 Å². The lowest BCUT2D eigenvalue weighted by Crippen LogP contribution is -2.22. The number of rotatable bonds is 6. The Labute approximate surface area is 167 Å². The first-order chi connectivity index (χ1) is 13.7. The van der Waals surface area contributed by atoms with Gasteiger partial charge in [-0.2, -0.15) is 0 Å². The van der Waals surface area contributed by atoms with Crippen LogP contribution in [0.3, 0.4) is 0 Å². The number of nitrogens with one attached hydrogen (secondary N) is 1. The molecule has 0 bridgehead atoms. The van der Waals surface area contributed by atoms with Gasteiger partial charge in [-0.3, -0.25) is 9.78 Å². The number of hydrogen-bond acceptors (Lipinski definition) is 4. The number of benzene rings is 2. The molecule has 0 aliphatic heterocycles. The predicted molar refractivity (Wildman–Crippen MR) is 113 cm³/mol. The first-order valence-corrected chi connectivity index (χ1v) is 9.89. The molecule has 1 N–H and O–H groups in total. The SMILES string of the molecule is Cc1c(C(=O)NCc2ccc(OCc3cccnc3)cc2)sc2ccccc12. The van der Waals surface area contributed by atoms with Crippen LogP contribution in [-0.2, 0) is 13.2 Å². The minimum Gasteiger partial charge on any atom is -0.489 e. The zero-order chi connectivity index (χ0) is 19.3. The van der Waals surface area contributed by atoms with Gasteiger partial charge in [-0.25, -0.2) is 0 Å². The van der Waals surface area contributed by atoms with Crippen LogP contribution >= 0.6 is 11.3 Å². The molecule has 0 atom stereocenters. The fraction of sp³-hybridized carbons (Fsp3) is 0.130. The number of fused-ring (bicyclic) bond motifs is 1. The van der Waals surface area contributed by atoms with E-state index in [4.69, 9.17) is 4.74 Å². The highest BCUT2D eigenvalue weighted by Crippen LogP contribution is 2.30. The molecule has 2 aromatic heterocycles. The van der Waals surface area contributed by atoms with Crippen LogP contribution in [-0.4, -0.2) is 10.9 Å². The van der Waals surface area contributed by atoms with E-state index in [2.05, 4.69) is 16.4 Å². The summed E-state index contributed by atoms with van der Waals surface area (Å²) in [6.45, 7) is 2.96. The van der Waals surface area contributed by atoms with Crippen molar-refractivity contribution in [3.8, 4) is 5.75 Å². The Hall–Kier alpha value is -3.18. The highest BCUT2D eigenvalue weighted by Gasteiger charge is 2.14. The fourth-order valence-electron chi connectivity index (χ4n) is 3.01. The molecule has 0 spiro atoms. The van der Waals surface area contributed by atoms with Gasteiger partial charge in [0.1, 0.15) is 12.4 Å². The van der Waals surface area contributed by atoms with E-state index in [-0.39, 0.29) is 5.91 Å². The number of ether oxygens (including phenoxy) is 1. The van der Waals surface area contributed by atoms with E-state index in [1.54, 1.807) is 12.4 Å². The Morgan fingerprint density at radius 2 is 1.86 bits per heavy atom. The highest BCUT2D eigenvalue weighted by molar-refractivity contribution is 7.21. The van der Waals surface area contributed by atoms with Gasteiger partial charge in [0.2, 0.25) is 0 Å². The molecule has 0 aliphatic carbocycles. The van der Waals surface area contributed by atoms with Crippen LogP contribution < -0.4 is 10.1 Å². The number of hydrogen-bond donors (Lipinski definition) is 1. The van der Waals surface area contributed by atoms with Gasteiger partial charge in [-0.1, -0.05) is 36.4 Å². The van der Waals surface area contributed by atoms with Gasteiger partial charge < -0.3 is 10.1 Å². The van der Waals surface area contributed by atoms with Gasteiger partial charge in [-0.15, -0.1) is 11.3 Å². The second kappa shape index (κ2) is 8.23. The molecular weight excluding hydrogens is 368 g/mol. The Kier molecular flexibility index (Phi) is 5.35. The van der Waals surface area contributed by atoms with Crippen LogP contribution in [0.25, 0.3) is 10.1 Å². The zero-order valence-electron chi connectivity index (χ0n) is 15.5. The maximum absolute atomic E-state index is 12.6. The van der Waals surface area contributed by atoms with Crippen molar-refractivity contribution < 1.29 is 9.53 Å². The number of aromatic nitrogens is 1. The number of amides is 1. The average Bonchev–Trinajstić information content (AvgIpc) is 3.09. The Morgan fingerprint density at radius 1 is 1.04 bits per heavy atom. The lowest BCUT2D eigenvalue weighted by molar-refractivity contribution is 0.0954.